The topological polar surface area (TPSA) is 46.8 Å². The summed E-state index contributed by atoms with van der Waals surface area (Å²) in [4.78, 5) is 21.8. The number of nitrogens with one attached hydrogen (secondary N) is 1. The van der Waals surface area contributed by atoms with E-state index in [1.807, 2.05) is 24.6 Å². The highest BCUT2D eigenvalue weighted by Gasteiger charge is 2.37. The number of carbonyl (C=O) groups excluding carboxylic acids is 1. The van der Waals surface area contributed by atoms with E-state index in [0.29, 0.717) is 23.0 Å². The minimum atomic E-state index is -0.0281. The van der Waals surface area contributed by atoms with Crippen molar-refractivity contribution in [1.29, 1.82) is 0 Å². The Morgan fingerprint density at radius 3 is 2.95 bits per heavy atom. The van der Waals surface area contributed by atoms with E-state index < -0.39 is 0 Å². The molecule has 1 N–H and O–H groups in total. The van der Waals surface area contributed by atoms with Crippen LogP contribution in [0.1, 0.15) is 29.3 Å². The smallest absolute Gasteiger partial charge is 0.271 e. The molecule has 20 heavy (non-hydrogen) atoms. The number of halogens is 1. The first-order valence-corrected chi connectivity index (χ1v) is 7.62. The van der Waals surface area contributed by atoms with Crippen molar-refractivity contribution in [3.8, 4) is 0 Å². The quantitative estimate of drug-likeness (QED) is 0.859. The van der Waals surface area contributed by atoms with Gasteiger partial charge in [0.25, 0.3) is 11.7 Å². The predicted octanol–water partition coefficient (Wildman–Crippen LogP) is 3.16. The van der Waals surface area contributed by atoms with Crippen LogP contribution in [0, 0.1) is 0 Å². The van der Waals surface area contributed by atoms with E-state index in [1.165, 1.54) is 11.3 Å². The Hall–Kier alpha value is -1.72. The zero-order chi connectivity index (χ0) is 14.1. The third kappa shape index (κ3) is 2.23. The number of amides is 1. The van der Waals surface area contributed by atoms with Crippen molar-refractivity contribution in [1.82, 2.24) is 4.90 Å². The SMILES string of the molecule is CCCN1C(=O)c2cc(Cl)ccc2C1=Nc1[nH+]ccs1. The van der Waals surface area contributed by atoms with Gasteiger partial charge < -0.3 is 0 Å². The lowest BCUT2D eigenvalue weighted by molar-refractivity contribution is -0.356. The summed E-state index contributed by atoms with van der Waals surface area (Å²) in [7, 11) is 0. The lowest BCUT2D eigenvalue weighted by Gasteiger charge is -2.11. The van der Waals surface area contributed by atoms with Gasteiger partial charge in [0.15, 0.2) is 0 Å². The summed E-state index contributed by atoms with van der Waals surface area (Å²) in [6.07, 6.45) is 2.70. The molecule has 0 saturated carbocycles. The highest BCUT2D eigenvalue weighted by molar-refractivity contribution is 7.12. The largest absolute Gasteiger partial charge is 0.382 e. The Morgan fingerprint density at radius 2 is 2.25 bits per heavy atom. The molecule has 1 aliphatic heterocycles. The molecule has 0 aliphatic carbocycles. The maximum atomic E-state index is 12.5. The van der Waals surface area contributed by atoms with Crippen LogP contribution in [-0.4, -0.2) is 23.2 Å². The molecular weight excluding hydrogens is 294 g/mol. The van der Waals surface area contributed by atoms with E-state index in [4.69, 9.17) is 11.6 Å². The monoisotopic (exact) mass is 306 g/mol. The minimum Gasteiger partial charge on any atom is -0.271 e. The van der Waals surface area contributed by atoms with Gasteiger partial charge in [-0.05, 0) is 29.6 Å². The number of nitrogens with zero attached hydrogens (tertiary/aromatic N) is 2. The van der Waals surface area contributed by atoms with Crippen molar-refractivity contribution in [2.45, 2.75) is 13.3 Å². The first kappa shape index (κ1) is 13.3. The van der Waals surface area contributed by atoms with E-state index in [2.05, 4.69) is 9.98 Å². The Morgan fingerprint density at radius 1 is 1.40 bits per heavy atom. The number of aliphatic imine (C=N–C) groups is 1. The molecule has 1 aliphatic rings. The normalized spacial score (nSPS) is 16.0. The molecule has 0 saturated heterocycles. The van der Waals surface area contributed by atoms with Crippen LogP contribution in [0.2, 0.25) is 5.02 Å². The number of aromatic nitrogens is 1. The molecule has 0 unspecified atom stereocenters. The highest BCUT2D eigenvalue weighted by Crippen LogP contribution is 2.28. The third-order valence-electron chi connectivity index (χ3n) is 3.06. The minimum absolute atomic E-state index is 0.0281. The molecule has 1 aromatic carbocycles. The summed E-state index contributed by atoms with van der Waals surface area (Å²) < 4.78 is 0. The van der Waals surface area contributed by atoms with E-state index in [1.54, 1.807) is 17.0 Å². The number of carbonyl (C=O) groups is 1. The number of H-pyrrole nitrogens is 1. The molecule has 1 amide bonds. The maximum absolute atomic E-state index is 12.5. The van der Waals surface area contributed by atoms with E-state index in [9.17, 15) is 4.79 Å². The maximum Gasteiger partial charge on any atom is 0.382 e. The van der Waals surface area contributed by atoms with Crippen molar-refractivity contribution < 1.29 is 9.78 Å². The molecule has 0 atom stereocenters. The van der Waals surface area contributed by atoms with Crippen LogP contribution < -0.4 is 4.98 Å². The standard InChI is InChI=1S/C14H12ClN3OS/c1-2-6-18-12(17-14-16-5-7-20-14)10-4-3-9(15)8-11(10)13(18)19/h3-5,7-8H,2,6H2,1H3/p+1. The van der Waals surface area contributed by atoms with Gasteiger partial charge in [0, 0.05) is 16.9 Å². The van der Waals surface area contributed by atoms with E-state index >= 15 is 0 Å². The second-order valence-corrected chi connectivity index (χ2v) is 5.78. The zero-order valence-electron chi connectivity index (χ0n) is 10.9. The summed E-state index contributed by atoms with van der Waals surface area (Å²) in [5.74, 6) is 0.668. The molecule has 102 valence electrons. The lowest BCUT2D eigenvalue weighted by Crippen LogP contribution is -2.31. The molecule has 0 radical (unpaired) electrons. The van der Waals surface area contributed by atoms with Crippen molar-refractivity contribution >= 4 is 39.8 Å². The third-order valence-corrected chi connectivity index (χ3v) is 4.00. The molecule has 3 rings (SSSR count). The number of hydrogen-bond donors (Lipinski definition) is 0. The molecule has 4 nitrogen and oxygen atoms in total. The Bertz CT molecular complexity index is 682. The molecule has 0 bridgehead atoms. The van der Waals surface area contributed by atoms with Gasteiger partial charge in [-0.1, -0.05) is 29.9 Å². The highest BCUT2D eigenvalue weighted by atomic mass is 35.5. The van der Waals surface area contributed by atoms with Crippen LogP contribution in [0.3, 0.4) is 0 Å². The fraction of sp³-hybridized carbons (Fsp3) is 0.214. The van der Waals surface area contributed by atoms with Crippen LogP contribution in [0.25, 0.3) is 0 Å². The Kier molecular flexibility index (Phi) is 3.54. The lowest BCUT2D eigenvalue weighted by atomic mass is 10.1. The summed E-state index contributed by atoms with van der Waals surface area (Å²) in [6, 6.07) is 5.36. The van der Waals surface area contributed by atoms with Crippen molar-refractivity contribution in [3.05, 3.63) is 45.9 Å². The first-order valence-electron chi connectivity index (χ1n) is 6.36. The summed E-state index contributed by atoms with van der Waals surface area (Å²) >= 11 is 7.49. The van der Waals surface area contributed by atoms with Crippen molar-refractivity contribution in [3.63, 3.8) is 0 Å². The summed E-state index contributed by atoms with van der Waals surface area (Å²) in [6.45, 7) is 2.69. The van der Waals surface area contributed by atoms with Crippen LogP contribution in [0.5, 0.6) is 0 Å². The number of amidine groups is 1. The van der Waals surface area contributed by atoms with Gasteiger partial charge in [0.2, 0.25) is 0 Å². The van der Waals surface area contributed by atoms with Gasteiger partial charge in [-0.15, -0.1) is 0 Å². The average Bonchev–Trinajstić information content (AvgIpc) is 3.02. The average molecular weight is 307 g/mol. The van der Waals surface area contributed by atoms with Gasteiger partial charge in [-0.25, -0.2) is 4.98 Å². The molecule has 0 fully saturated rings. The molecule has 6 heteroatoms. The van der Waals surface area contributed by atoms with Crippen LogP contribution in [0.15, 0.2) is 34.8 Å². The second-order valence-electron chi connectivity index (χ2n) is 4.45. The van der Waals surface area contributed by atoms with Crippen molar-refractivity contribution in [2.24, 2.45) is 4.99 Å². The number of fused-ring (bicyclic) bond motifs is 1. The van der Waals surface area contributed by atoms with Crippen molar-refractivity contribution in [2.75, 3.05) is 6.54 Å². The van der Waals surface area contributed by atoms with Crippen LogP contribution >= 0.6 is 22.9 Å². The van der Waals surface area contributed by atoms with Gasteiger partial charge in [0.1, 0.15) is 0 Å². The van der Waals surface area contributed by atoms with Gasteiger partial charge in [0.05, 0.1) is 17.3 Å². The van der Waals surface area contributed by atoms with E-state index in [-0.39, 0.29) is 5.91 Å². The summed E-state index contributed by atoms with van der Waals surface area (Å²) in [5.41, 5.74) is 1.47. The van der Waals surface area contributed by atoms with Crippen LogP contribution in [0.4, 0.5) is 5.13 Å². The number of benzene rings is 1. The fourth-order valence-electron chi connectivity index (χ4n) is 2.22. The predicted molar refractivity (Wildman–Crippen MR) is 79.9 cm³/mol. The second kappa shape index (κ2) is 5.34. The zero-order valence-corrected chi connectivity index (χ0v) is 12.5. The molecule has 0 spiro atoms. The Balaban J connectivity index is 2.13. The van der Waals surface area contributed by atoms with Gasteiger partial charge in [-0.2, -0.15) is 0 Å². The Labute approximate surface area is 125 Å². The summed E-state index contributed by atoms with van der Waals surface area (Å²) in [5, 5.41) is 3.26. The molecule has 1 aromatic heterocycles. The fourth-order valence-corrected chi connectivity index (χ4v) is 2.93. The van der Waals surface area contributed by atoms with E-state index in [0.717, 1.165) is 17.1 Å². The van der Waals surface area contributed by atoms with Gasteiger partial charge >= 0.3 is 5.13 Å². The van der Waals surface area contributed by atoms with Crippen LogP contribution in [-0.2, 0) is 0 Å². The molecular formula is C14H13ClN3OS+. The molecule has 2 aromatic rings. The molecule has 2 heterocycles. The number of thiazole rings is 1. The first-order chi connectivity index (χ1) is 9.70. The number of rotatable bonds is 3. The number of aromatic amines is 1. The van der Waals surface area contributed by atoms with Gasteiger partial charge in [-0.3, -0.25) is 9.69 Å². The number of hydrogen-bond acceptors (Lipinski definition) is 3.